The van der Waals surface area contributed by atoms with Crippen LogP contribution >= 0.6 is 0 Å². The Bertz CT molecular complexity index is 2280. The Morgan fingerprint density at radius 1 is 0.788 bits per heavy atom. The van der Waals surface area contributed by atoms with E-state index in [-0.39, 0.29) is 22.6 Å². The van der Waals surface area contributed by atoms with Gasteiger partial charge in [-0.3, -0.25) is 9.59 Å². The number of sulfonamides is 1. The molecular weight excluding hydrogens is 739 g/mol. The fraction of sp³-hybridized carbons (Fsp3) is 0.257. The van der Waals surface area contributed by atoms with Crippen LogP contribution < -0.4 is 20.3 Å². The zero-order valence-electron chi connectivity index (χ0n) is 28.4. The molecule has 3 N–H and O–H groups in total. The molecule has 0 spiro atoms. The van der Waals surface area contributed by atoms with E-state index in [2.05, 4.69) is 15.4 Å². The zero-order valence-corrected chi connectivity index (χ0v) is 30.9. The number of carbonyl (C=O) groups is 2. The number of anilines is 1. The van der Waals surface area contributed by atoms with Gasteiger partial charge in [0.1, 0.15) is 27.5 Å². The third kappa shape index (κ3) is 11.1. The number of rotatable bonds is 16. The van der Waals surface area contributed by atoms with Crippen LogP contribution in [-0.2, 0) is 45.7 Å². The van der Waals surface area contributed by atoms with Gasteiger partial charge < -0.3 is 15.5 Å². The lowest BCUT2D eigenvalue weighted by Gasteiger charge is -2.22. The monoisotopic (exact) mass is 776 g/mol. The van der Waals surface area contributed by atoms with E-state index in [0.717, 1.165) is 59.8 Å². The van der Waals surface area contributed by atoms with Gasteiger partial charge in [-0.15, -0.1) is 0 Å². The zero-order chi connectivity index (χ0) is 38.3. The molecule has 0 saturated heterocycles. The van der Waals surface area contributed by atoms with Gasteiger partial charge in [0.15, 0.2) is 9.84 Å². The molecule has 4 rings (SSSR count). The highest BCUT2D eigenvalue weighted by atomic mass is 32.2. The smallest absolute Gasteiger partial charge is 0.243 e. The average molecular weight is 777 g/mol. The predicted molar refractivity (Wildman–Crippen MR) is 194 cm³/mol. The lowest BCUT2D eigenvalue weighted by molar-refractivity contribution is -0.128. The molecule has 0 unspecified atom stereocenters. The van der Waals surface area contributed by atoms with E-state index in [1.165, 1.54) is 18.2 Å². The summed E-state index contributed by atoms with van der Waals surface area (Å²) >= 11 is 0. The molecule has 0 aliphatic heterocycles. The van der Waals surface area contributed by atoms with Crippen LogP contribution in [0.1, 0.15) is 12.0 Å². The van der Waals surface area contributed by atoms with Gasteiger partial charge >= 0.3 is 0 Å². The molecule has 0 aliphatic rings. The van der Waals surface area contributed by atoms with Crippen molar-refractivity contribution in [2.24, 2.45) is 0 Å². The maximum absolute atomic E-state index is 13.7. The summed E-state index contributed by atoms with van der Waals surface area (Å²) in [5, 5.41) is 6.86. The van der Waals surface area contributed by atoms with Gasteiger partial charge in [0.25, 0.3) is 0 Å². The third-order valence-electron chi connectivity index (χ3n) is 7.82. The number of halogens is 2. The summed E-state index contributed by atoms with van der Waals surface area (Å²) in [6.07, 6.45) is 1.58. The van der Waals surface area contributed by atoms with Gasteiger partial charge in [0, 0.05) is 54.7 Å². The second kappa shape index (κ2) is 16.8. The number of carbonyl (C=O) groups excluding carboxylic acids is 2. The number of sulfone groups is 2. The first-order valence-corrected chi connectivity index (χ1v) is 20.8. The van der Waals surface area contributed by atoms with E-state index in [1.54, 1.807) is 24.3 Å². The lowest BCUT2D eigenvalue weighted by atomic mass is 10.0. The summed E-state index contributed by atoms with van der Waals surface area (Å²) in [7, 11) is -8.32. The molecule has 52 heavy (non-hydrogen) atoms. The minimum Gasteiger partial charge on any atom is -0.377 e. The van der Waals surface area contributed by atoms with Gasteiger partial charge in [-0.05, 0) is 60.5 Å². The molecule has 0 heterocycles. The Kier molecular flexibility index (Phi) is 12.9. The highest BCUT2D eigenvalue weighted by molar-refractivity contribution is 7.94. The van der Waals surface area contributed by atoms with Crippen LogP contribution in [0, 0.1) is 11.6 Å². The van der Waals surface area contributed by atoms with Gasteiger partial charge in [-0.25, -0.2) is 38.8 Å². The first-order valence-electron chi connectivity index (χ1n) is 15.7. The van der Waals surface area contributed by atoms with E-state index in [0.29, 0.717) is 16.3 Å². The molecule has 2 amide bonds. The average Bonchev–Trinajstić information content (AvgIpc) is 3.08. The molecule has 0 aliphatic carbocycles. The molecule has 0 radical (unpaired) electrons. The van der Waals surface area contributed by atoms with Crippen LogP contribution in [0.25, 0.3) is 10.8 Å². The molecule has 4 aromatic carbocycles. The quantitative estimate of drug-likeness (QED) is 0.145. The van der Waals surface area contributed by atoms with Crippen molar-refractivity contribution in [3.05, 3.63) is 114 Å². The van der Waals surface area contributed by atoms with E-state index in [9.17, 15) is 43.6 Å². The highest BCUT2D eigenvalue weighted by Gasteiger charge is 2.26. The van der Waals surface area contributed by atoms with Crippen LogP contribution in [0.3, 0.4) is 0 Å². The largest absolute Gasteiger partial charge is 0.377 e. The highest BCUT2D eigenvalue weighted by Crippen LogP contribution is 2.30. The van der Waals surface area contributed by atoms with Crippen molar-refractivity contribution >= 4 is 58.0 Å². The molecule has 278 valence electrons. The SMILES string of the molecule is CN(C)c1cccc2c(S(=O)(=O)NCC(=O)N[C@@H](Cc3ccc(F)cc3)C(=O)N[C@H](/C=C/S(=O)(=O)c3ccc(F)cc3)CCS(C)(=O)=O)cccc12. The molecule has 0 saturated carbocycles. The Labute approximate surface area is 301 Å². The summed E-state index contributed by atoms with van der Waals surface area (Å²) in [4.78, 5) is 28.4. The standard InChI is InChI=1S/C35H38F2N4O8S3/c1-41(2)32-8-4-7-30-29(32)6-5-9-33(30)52(48,49)38-23-34(42)40-31(22-24-10-12-25(36)13-11-24)35(43)39-27(18-20-50(3,44)45)19-21-51(46,47)28-16-14-26(37)15-17-28/h4-17,19,21,27,31,38H,18,20,22-23H2,1-3H3,(H,39,43)(H,40,42)/b21-19+/t27-,31-/m0/s1. The van der Waals surface area contributed by atoms with Gasteiger partial charge in [-0.2, -0.15) is 0 Å². The first kappa shape index (κ1) is 40.1. The van der Waals surface area contributed by atoms with E-state index >= 15 is 0 Å². The number of hydrogen-bond donors (Lipinski definition) is 3. The Morgan fingerprint density at radius 2 is 1.38 bits per heavy atom. The fourth-order valence-electron chi connectivity index (χ4n) is 5.18. The summed E-state index contributed by atoms with van der Waals surface area (Å²) in [5.41, 5.74) is 1.19. The maximum Gasteiger partial charge on any atom is 0.243 e. The van der Waals surface area contributed by atoms with Crippen molar-refractivity contribution in [3.8, 4) is 0 Å². The molecule has 2 atom stereocenters. The van der Waals surface area contributed by atoms with Crippen LogP contribution in [0.5, 0.6) is 0 Å². The van der Waals surface area contributed by atoms with E-state index in [1.807, 2.05) is 25.1 Å². The number of nitrogens with zero attached hydrogens (tertiary/aromatic N) is 1. The third-order valence-corrected chi connectivity index (χ3v) is 11.7. The first-order chi connectivity index (χ1) is 24.3. The second-order valence-corrected chi connectivity index (χ2v) is 18.0. The molecule has 0 aromatic heterocycles. The molecule has 0 fully saturated rings. The fourth-order valence-corrected chi connectivity index (χ4v) is 8.13. The molecule has 17 heteroatoms. The van der Waals surface area contributed by atoms with Crippen molar-refractivity contribution < 1.29 is 43.6 Å². The Morgan fingerprint density at radius 3 is 2.00 bits per heavy atom. The summed E-state index contributed by atoms with van der Waals surface area (Å²) < 4.78 is 106. The van der Waals surface area contributed by atoms with Crippen LogP contribution in [0.4, 0.5) is 14.5 Å². The number of hydrogen-bond acceptors (Lipinski definition) is 9. The topological polar surface area (TPSA) is 176 Å². The van der Waals surface area contributed by atoms with Crippen molar-refractivity contribution in [3.63, 3.8) is 0 Å². The van der Waals surface area contributed by atoms with Crippen molar-refractivity contribution in [2.45, 2.75) is 34.7 Å². The molecular formula is C35H38F2N4O8S3. The second-order valence-electron chi connectivity index (χ2n) is 12.2. The predicted octanol–water partition coefficient (Wildman–Crippen LogP) is 3.10. The Balaban J connectivity index is 1.56. The molecule has 12 nitrogen and oxygen atoms in total. The van der Waals surface area contributed by atoms with Crippen LogP contribution in [-0.4, -0.2) is 81.8 Å². The number of nitrogens with one attached hydrogen (secondary N) is 3. The van der Waals surface area contributed by atoms with E-state index in [4.69, 9.17) is 0 Å². The van der Waals surface area contributed by atoms with E-state index < -0.39 is 77.5 Å². The lowest BCUT2D eigenvalue weighted by Crippen LogP contribution is -2.52. The van der Waals surface area contributed by atoms with Gasteiger partial charge in [0.2, 0.25) is 21.8 Å². The minimum atomic E-state index is -4.25. The number of benzene rings is 4. The maximum atomic E-state index is 13.7. The minimum absolute atomic E-state index is 0.0711. The number of fused-ring (bicyclic) bond motifs is 1. The summed E-state index contributed by atoms with van der Waals surface area (Å²) in [6, 6.07) is 16.4. The summed E-state index contributed by atoms with van der Waals surface area (Å²) in [5.74, 6) is -3.42. The van der Waals surface area contributed by atoms with Crippen molar-refractivity contribution in [2.75, 3.05) is 37.5 Å². The van der Waals surface area contributed by atoms with Crippen LogP contribution in [0.2, 0.25) is 0 Å². The molecule has 0 bridgehead atoms. The van der Waals surface area contributed by atoms with Gasteiger partial charge in [0.05, 0.1) is 22.1 Å². The van der Waals surface area contributed by atoms with Crippen molar-refractivity contribution in [1.29, 1.82) is 0 Å². The Hall–Kier alpha value is -4.71. The van der Waals surface area contributed by atoms with Crippen molar-refractivity contribution in [1.82, 2.24) is 15.4 Å². The number of amides is 2. The van der Waals surface area contributed by atoms with Crippen LogP contribution in [0.15, 0.2) is 106 Å². The summed E-state index contributed by atoms with van der Waals surface area (Å²) in [6.45, 7) is -0.771. The molecule has 4 aromatic rings. The van der Waals surface area contributed by atoms with Gasteiger partial charge in [-0.1, -0.05) is 42.5 Å². The normalized spacial score (nSPS) is 13.5.